The van der Waals surface area contributed by atoms with Gasteiger partial charge in [0.15, 0.2) is 5.69 Å². The topological polar surface area (TPSA) is 96.4 Å². The summed E-state index contributed by atoms with van der Waals surface area (Å²) in [6, 6.07) is 27.0. The number of rotatable bonds is 6. The van der Waals surface area contributed by atoms with Crippen molar-refractivity contribution in [2.24, 2.45) is 10.2 Å². The molecule has 1 aromatic heterocycles. The number of hydrogen-bond donors (Lipinski definition) is 2. The Hall–Kier alpha value is -4.65. The van der Waals surface area contributed by atoms with Crippen LogP contribution in [0.2, 0.25) is 0 Å². The standard InChI is InChI=1S/C27H21N3O4/c31-20-14-12-19(13-15-20)26(32)29-28-25-22-9-3-4-10-23(22)30(27(25)33)16-17-34-24-11-5-7-18-6-1-2-8-21(18)24/h1-15,31,33H,16-17H2. The van der Waals surface area contributed by atoms with Gasteiger partial charge in [-0.1, -0.05) is 54.6 Å². The molecule has 0 saturated heterocycles. The van der Waals surface area contributed by atoms with Crippen molar-refractivity contribution in [2.75, 3.05) is 6.61 Å². The molecule has 0 radical (unpaired) electrons. The van der Waals surface area contributed by atoms with Gasteiger partial charge < -0.3 is 19.5 Å². The zero-order chi connectivity index (χ0) is 23.5. The van der Waals surface area contributed by atoms with E-state index in [0.29, 0.717) is 18.5 Å². The zero-order valence-corrected chi connectivity index (χ0v) is 18.1. The van der Waals surface area contributed by atoms with Crippen LogP contribution in [0.4, 0.5) is 5.69 Å². The Labute approximate surface area is 195 Å². The Morgan fingerprint density at radius 3 is 2.35 bits per heavy atom. The van der Waals surface area contributed by atoms with Gasteiger partial charge >= 0.3 is 0 Å². The minimum Gasteiger partial charge on any atom is -0.508 e. The van der Waals surface area contributed by atoms with Crippen molar-refractivity contribution < 1.29 is 19.7 Å². The first-order valence-corrected chi connectivity index (χ1v) is 10.8. The van der Waals surface area contributed by atoms with Gasteiger partial charge in [0.1, 0.15) is 18.1 Å². The van der Waals surface area contributed by atoms with Gasteiger partial charge in [0.25, 0.3) is 5.91 Å². The second kappa shape index (κ2) is 9.07. The SMILES string of the molecule is O=C(N=Nc1c(O)n(CCOc2cccc3ccccc23)c2ccccc12)c1ccc(O)cc1. The lowest BCUT2D eigenvalue weighted by Crippen LogP contribution is -2.07. The number of nitrogens with zero attached hydrogens (tertiary/aromatic N) is 3. The summed E-state index contributed by atoms with van der Waals surface area (Å²) in [7, 11) is 0. The van der Waals surface area contributed by atoms with Crippen LogP contribution in [0.5, 0.6) is 17.4 Å². The van der Waals surface area contributed by atoms with Crippen LogP contribution in [0, 0.1) is 0 Å². The fraction of sp³-hybridized carbons (Fsp3) is 0.0741. The summed E-state index contributed by atoms with van der Waals surface area (Å²) in [5, 5.41) is 30.9. The Kier molecular flexibility index (Phi) is 5.66. The van der Waals surface area contributed by atoms with E-state index in [1.165, 1.54) is 24.3 Å². The Morgan fingerprint density at radius 2 is 1.53 bits per heavy atom. The van der Waals surface area contributed by atoms with Gasteiger partial charge in [0, 0.05) is 16.3 Å². The van der Waals surface area contributed by atoms with Crippen LogP contribution < -0.4 is 4.74 Å². The summed E-state index contributed by atoms with van der Waals surface area (Å²) in [5.41, 5.74) is 1.26. The number of aromatic hydroxyl groups is 2. The maximum Gasteiger partial charge on any atom is 0.295 e. The quantitative estimate of drug-likeness (QED) is 0.300. The second-order valence-electron chi connectivity index (χ2n) is 7.72. The largest absolute Gasteiger partial charge is 0.508 e. The molecular formula is C27H21N3O4. The minimum absolute atomic E-state index is 0.0555. The van der Waals surface area contributed by atoms with E-state index in [9.17, 15) is 15.0 Å². The highest BCUT2D eigenvalue weighted by molar-refractivity contribution is 5.97. The molecule has 168 valence electrons. The van der Waals surface area contributed by atoms with Crippen molar-refractivity contribution in [2.45, 2.75) is 6.54 Å². The van der Waals surface area contributed by atoms with E-state index in [2.05, 4.69) is 10.2 Å². The second-order valence-corrected chi connectivity index (χ2v) is 7.72. The molecule has 0 saturated carbocycles. The predicted octanol–water partition coefficient (Wildman–Crippen LogP) is 6.21. The predicted molar refractivity (Wildman–Crippen MR) is 130 cm³/mol. The van der Waals surface area contributed by atoms with Crippen LogP contribution in [-0.4, -0.2) is 27.3 Å². The normalized spacial score (nSPS) is 11.4. The molecule has 2 N–H and O–H groups in total. The van der Waals surface area contributed by atoms with Gasteiger partial charge in [-0.05, 0) is 41.8 Å². The molecule has 1 amide bonds. The number of ether oxygens (including phenoxy) is 1. The number of fused-ring (bicyclic) bond motifs is 2. The van der Waals surface area contributed by atoms with Gasteiger partial charge in [-0.15, -0.1) is 10.2 Å². The molecule has 1 heterocycles. The van der Waals surface area contributed by atoms with Crippen molar-refractivity contribution >= 4 is 33.3 Å². The third-order valence-electron chi connectivity index (χ3n) is 5.59. The maximum absolute atomic E-state index is 12.4. The fourth-order valence-electron chi connectivity index (χ4n) is 3.92. The molecular weight excluding hydrogens is 430 g/mol. The Morgan fingerprint density at radius 1 is 0.824 bits per heavy atom. The number of azo groups is 1. The Balaban J connectivity index is 1.39. The van der Waals surface area contributed by atoms with Gasteiger partial charge in [-0.25, -0.2) is 0 Å². The number of aromatic nitrogens is 1. The Bertz CT molecular complexity index is 1520. The fourth-order valence-corrected chi connectivity index (χ4v) is 3.92. The van der Waals surface area contributed by atoms with E-state index in [-0.39, 0.29) is 22.9 Å². The molecule has 4 aromatic carbocycles. The zero-order valence-electron chi connectivity index (χ0n) is 18.1. The molecule has 7 heteroatoms. The molecule has 0 aliphatic heterocycles. The van der Waals surface area contributed by atoms with E-state index in [0.717, 1.165) is 22.0 Å². The average molecular weight is 451 g/mol. The van der Waals surface area contributed by atoms with Gasteiger partial charge in [0.05, 0.1) is 12.1 Å². The van der Waals surface area contributed by atoms with Crippen LogP contribution in [0.1, 0.15) is 10.4 Å². The lowest BCUT2D eigenvalue weighted by molar-refractivity contribution is 0.0995. The molecule has 0 atom stereocenters. The third-order valence-corrected chi connectivity index (χ3v) is 5.59. The molecule has 0 unspecified atom stereocenters. The van der Waals surface area contributed by atoms with E-state index in [1.807, 2.05) is 66.7 Å². The molecule has 5 rings (SSSR count). The highest BCUT2D eigenvalue weighted by atomic mass is 16.5. The molecule has 0 aliphatic carbocycles. The number of amides is 1. The molecule has 0 fully saturated rings. The molecule has 5 aromatic rings. The summed E-state index contributed by atoms with van der Waals surface area (Å²) in [5.74, 6) is 0.161. The maximum atomic E-state index is 12.4. The number of phenolic OH excluding ortho intramolecular Hbond substituents is 1. The van der Waals surface area contributed by atoms with Crippen LogP contribution in [-0.2, 0) is 6.54 Å². The highest BCUT2D eigenvalue weighted by Crippen LogP contribution is 2.39. The third kappa shape index (κ3) is 4.06. The van der Waals surface area contributed by atoms with Crippen LogP contribution in [0.15, 0.2) is 101 Å². The number of phenols is 1. The molecule has 0 spiro atoms. The summed E-state index contributed by atoms with van der Waals surface area (Å²) >= 11 is 0. The summed E-state index contributed by atoms with van der Waals surface area (Å²) in [6.07, 6.45) is 0. The molecule has 34 heavy (non-hydrogen) atoms. The van der Waals surface area contributed by atoms with E-state index in [1.54, 1.807) is 4.57 Å². The monoisotopic (exact) mass is 451 g/mol. The van der Waals surface area contributed by atoms with Crippen molar-refractivity contribution in [3.63, 3.8) is 0 Å². The first-order valence-electron chi connectivity index (χ1n) is 10.8. The minimum atomic E-state index is -0.574. The van der Waals surface area contributed by atoms with Crippen LogP contribution in [0.25, 0.3) is 21.7 Å². The average Bonchev–Trinajstić information content (AvgIpc) is 3.13. The smallest absolute Gasteiger partial charge is 0.295 e. The number of benzene rings is 4. The summed E-state index contributed by atoms with van der Waals surface area (Å²) in [6.45, 7) is 0.695. The van der Waals surface area contributed by atoms with Gasteiger partial charge in [0.2, 0.25) is 5.88 Å². The lowest BCUT2D eigenvalue weighted by atomic mass is 10.1. The molecule has 0 bridgehead atoms. The van der Waals surface area contributed by atoms with Crippen molar-refractivity contribution in [3.8, 4) is 17.4 Å². The first kappa shape index (κ1) is 21.2. The van der Waals surface area contributed by atoms with E-state index >= 15 is 0 Å². The number of para-hydroxylation sites is 1. The van der Waals surface area contributed by atoms with E-state index < -0.39 is 5.91 Å². The number of carbonyl (C=O) groups excluding carboxylic acids is 1. The van der Waals surface area contributed by atoms with E-state index in [4.69, 9.17) is 4.74 Å². The number of carbonyl (C=O) groups is 1. The van der Waals surface area contributed by atoms with Crippen LogP contribution >= 0.6 is 0 Å². The van der Waals surface area contributed by atoms with Gasteiger partial charge in [-0.2, -0.15) is 0 Å². The highest BCUT2D eigenvalue weighted by Gasteiger charge is 2.17. The van der Waals surface area contributed by atoms with Crippen molar-refractivity contribution in [3.05, 3.63) is 96.6 Å². The number of hydrogen-bond acceptors (Lipinski definition) is 5. The lowest BCUT2D eigenvalue weighted by Gasteiger charge is -2.11. The van der Waals surface area contributed by atoms with Gasteiger partial charge in [-0.3, -0.25) is 4.79 Å². The van der Waals surface area contributed by atoms with Crippen molar-refractivity contribution in [1.29, 1.82) is 0 Å². The summed E-state index contributed by atoms with van der Waals surface area (Å²) < 4.78 is 7.74. The molecule has 0 aliphatic rings. The summed E-state index contributed by atoms with van der Waals surface area (Å²) in [4.78, 5) is 12.4. The van der Waals surface area contributed by atoms with Crippen LogP contribution in [0.3, 0.4) is 0 Å². The first-order chi connectivity index (χ1) is 16.6. The molecule has 7 nitrogen and oxygen atoms in total. The van der Waals surface area contributed by atoms with Crippen molar-refractivity contribution in [1.82, 2.24) is 4.57 Å².